The molecule has 102 valence electrons. The number of ether oxygens (including phenoxy) is 1. The van der Waals surface area contributed by atoms with Gasteiger partial charge in [-0.1, -0.05) is 0 Å². The van der Waals surface area contributed by atoms with Crippen LogP contribution in [0.4, 0.5) is 5.82 Å². The molecule has 3 heterocycles. The van der Waals surface area contributed by atoms with Crippen LogP contribution in [0.15, 0.2) is 12.5 Å². The van der Waals surface area contributed by atoms with Gasteiger partial charge >= 0.3 is 0 Å². The first-order chi connectivity index (χ1) is 9.24. The minimum Gasteiger partial charge on any atom is -0.373 e. The molecule has 1 saturated heterocycles. The van der Waals surface area contributed by atoms with Crippen molar-refractivity contribution in [1.82, 2.24) is 25.1 Å². The van der Waals surface area contributed by atoms with Gasteiger partial charge in [-0.15, -0.1) is 0 Å². The first-order valence-corrected chi connectivity index (χ1v) is 6.45. The molecule has 0 aromatic carbocycles. The van der Waals surface area contributed by atoms with Crippen LogP contribution in [-0.4, -0.2) is 64.0 Å². The predicted molar refractivity (Wildman–Crippen MR) is 72.0 cm³/mol. The number of rotatable bonds is 3. The number of anilines is 1. The summed E-state index contributed by atoms with van der Waals surface area (Å²) in [5.41, 5.74) is 0.742. The van der Waals surface area contributed by atoms with Crippen LogP contribution in [0.2, 0.25) is 0 Å². The number of nitrogens with one attached hydrogen (secondary N) is 2. The van der Waals surface area contributed by atoms with Gasteiger partial charge in [0, 0.05) is 13.1 Å². The highest BCUT2D eigenvalue weighted by atomic mass is 16.5. The van der Waals surface area contributed by atoms with E-state index in [0.717, 1.165) is 36.5 Å². The summed E-state index contributed by atoms with van der Waals surface area (Å²) < 4.78 is 5.80. The monoisotopic (exact) mass is 262 g/mol. The van der Waals surface area contributed by atoms with Gasteiger partial charge in [-0.05, 0) is 14.0 Å². The summed E-state index contributed by atoms with van der Waals surface area (Å²) in [5, 5.41) is 11.1. The zero-order valence-electron chi connectivity index (χ0n) is 11.1. The van der Waals surface area contributed by atoms with Crippen molar-refractivity contribution in [3.05, 3.63) is 12.5 Å². The van der Waals surface area contributed by atoms with Crippen molar-refractivity contribution in [3.8, 4) is 0 Å². The molecule has 19 heavy (non-hydrogen) atoms. The van der Waals surface area contributed by atoms with E-state index < -0.39 is 0 Å². The Bertz CT molecular complexity index is 556. The summed E-state index contributed by atoms with van der Waals surface area (Å²) >= 11 is 0. The Kier molecular flexibility index (Phi) is 3.31. The molecule has 0 spiro atoms. The molecule has 1 fully saturated rings. The van der Waals surface area contributed by atoms with E-state index in [1.54, 1.807) is 6.20 Å². The lowest BCUT2D eigenvalue weighted by Crippen LogP contribution is -2.47. The van der Waals surface area contributed by atoms with Crippen LogP contribution in [0.3, 0.4) is 0 Å². The number of fused-ring (bicyclic) bond motifs is 1. The molecule has 0 amide bonds. The summed E-state index contributed by atoms with van der Waals surface area (Å²) in [7, 11) is 2.11. The molecule has 2 unspecified atom stereocenters. The van der Waals surface area contributed by atoms with Crippen molar-refractivity contribution in [2.45, 2.75) is 19.1 Å². The molecule has 2 atom stereocenters. The van der Waals surface area contributed by atoms with Gasteiger partial charge in [-0.2, -0.15) is 5.10 Å². The van der Waals surface area contributed by atoms with Crippen molar-refractivity contribution < 1.29 is 4.74 Å². The fraction of sp³-hybridized carbons (Fsp3) is 0.583. The van der Waals surface area contributed by atoms with Crippen LogP contribution >= 0.6 is 0 Å². The fourth-order valence-electron chi connectivity index (χ4n) is 2.30. The maximum atomic E-state index is 5.80. The van der Waals surface area contributed by atoms with E-state index >= 15 is 0 Å². The lowest BCUT2D eigenvalue weighted by atomic mass is 10.1. The average Bonchev–Trinajstić information content (AvgIpc) is 2.88. The highest BCUT2D eigenvalue weighted by Crippen LogP contribution is 2.19. The SMILES string of the molecule is CC(Nc1ncnc2[nH]ncc12)C1CN(C)CCO1. The van der Waals surface area contributed by atoms with E-state index in [-0.39, 0.29) is 12.1 Å². The second kappa shape index (κ2) is 5.10. The molecule has 1 aliphatic heterocycles. The number of likely N-dealkylation sites (N-methyl/N-ethyl adjacent to an activating group) is 1. The van der Waals surface area contributed by atoms with Gasteiger partial charge in [-0.3, -0.25) is 5.10 Å². The Morgan fingerprint density at radius 1 is 1.53 bits per heavy atom. The number of aromatic amines is 1. The van der Waals surface area contributed by atoms with Crippen LogP contribution in [0.5, 0.6) is 0 Å². The Hall–Kier alpha value is -1.73. The Morgan fingerprint density at radius 2 is 2.42 bits per heavy atom. The Balaban J connectivity index is 1.75. The van der Waals surface area contributed by atoms with Gasteiger partial charge in [0.05, 0.1) is 30.3 Å². The van der Waals surface area contributed by atoms with Crippen LogP contribution in [0.25, 0.3) is 11.0 Å². The maximum absolute atomic E-state index is 5.80. The second-order valence-electron chi connectivity index (χ2n) is 4.96. The maximum Gasteiger partial charge on any atom is 0.160 e. The highest BCUT2D eigenvalue weighted by Gasteiger charge is 2.24. The number of H-pyrrole nitrogens is 1. The Labute approximate surface area is 111 Å². The second-order valence-corrected chi connectivity index (χ2v) is 4.96. The van der Waals surface area contributed by atoms with Gasteiger partial charge < -0.3 is 15.0 Å². The van der Waals surface area contributed by atoms with E-state index in [2.05, 4.69) is 44.4 Å². The number of hydrogen-bond donors (Lipinski definition) is 2. The fourth-order valence-corrected chi connectivity index (χ4v) is 2.30. The predicted octanol–water partition coefficient (Wildman–Crippen LogP) is 0.484. The Morgan fingerprint density at radius 3 is 3.26 bits per heavy atom. The molecule has 7 nitrogen and oxygen atoms in total. The van der Waals surface area contributed by atoms with Crippen molar-refractivity contribution in [2.75, 3.05) is 32.1 Å². The molecular formula is C12H18N6O. The summed E-state index contributed by atoms with van der Waals surface area (Å²) in [5.74, 6) is 0.795. The van der Waals surface area contributed by atoms with E-state index in [9.17, 15) is 0 Å². The standard InChI is InChI=1S/C12H18N6O/c1-8(10-6-18(2)3-4-19-10)16-11-9-5-15-17-12(9)14-7-13-11/h5,7-8,10H,3-4,6H2,1-2H3,(H2,13,14,15,16,17). The van der Waals surface area contributed by atoms with Gasteiger partial charge in [0.2, 0.25) is 0 Å². The van der Waals surface area contributed by atoms with Crippen LogP contribution in [-0.2, 0) is 4.74 Å². The summed E-state index contributed by atoms with van der Waals surface area (Å²) in [6, 6.07) is 0.177. The summed E-state index contributed by atoms with van der Waals surface area (Å²) in [4.78, 5) is 10.7. The highest BCUT2D eigenvalue weighted by molar-refractivity contribution is 5.85. The van der Waals surface area contributed by atoms with Crippen molar-refractivity contribution in [2.24, 2.45) is 0 Å². The first-order valence-electron chi connectivity index (χ1n) is 6.45. The summed E-state index contributed by atoms with van der Waals surface area (Å²) in [6.45, 7) is 4.80. The number of morpholine rings is 1. The van der Waals surface area contributed by atoms with E-state index in [1.165, 1.54) is 6.33 Å². The quantitative estimate of drug-likeness (QED) is 0.838. The van der Waals surface area contributed by atoms with Gasteiger partial charge in [0.25, 0.3) is 0 Å². The van der Waals surface area contributed by atoms with E-state index in [0.29, 0.717) is 0 Å². The summed E-state index contributed by atoms with van der Waals surface area (Å²) in [6.07, 6.45) is 3.43. The third kappa shape index (κ3) is 2.52. The molecular weight excluding hydrogens is 244 g/mol. The van der Waals surface area contributed by atoms with E-state index in [4.69, 9.17) is 4.74 Å². The lowest BCUT2D eigenvalue weighted by Gasteiger charge is -2.34. The molecule has 7 heteroatoms. The normalized spacial score (nSPS) is 22.5. The van der Waals surface area contributed by atoms with Gasteiger partial charge in [-0.25, -0.2) is 9.97 Å². The van der Waals surface area contributed by atoms with E-state index in [1.807, 2.05) is 0 Å². The first kappa shape index (κ1) is 12.3. The molecule has 2 aromatic rings. The van der Waals surface area contributed by atoms with Crippen molar-refractivity contribution in [3.63, 3.8) is 0 Å². The minimum absolute atomic E-state index is 0.163. The minimum atomic E-state index is 0.163. The molecule has 2 aromatic heterocycles. The number of nitrogens with zero attached hydrogens (tertiary/aromatic N) is 4. The third-order valence-electron chi connectivity index (χ3n) is 3.47. The molecule has 2 N–H and O–H groups in total. The van der Waals surface area contributed by atoms with Crippen molar-refractivity contribution >= 4 is 16.9 Å². The largest absolute Gasteiger partial charge is 0.373 e. The lowest BCUT2D eigenvalue weighted by molar-refractivity contribution is -0.0259. The van der Waals surface area contributed by atoms with Crippen LogP contribution < -0.4 is 5.32 Å². The van der Waals surface area contributed by atoms with Crippen LogP contribution in [0, 0.1) is 0 Å². The topological polar surface area (TPSA) is 79.0 Å². The van der Waals surface area contributed by atoms with Gasteiger partial charge in [0.15, 0.2) is 5.65 Å². The van der Waals surface area contributed by atoms with Crippen LogP contribution in [0.1, 0.15) is 6.92 Å². The molecule has 3 rings (SSSR count). The number of aromatic nitrogens is 4. The molecule has 0 saturated carbocycles. The van der Waals surface area contributed by atoms with Crippen molar-refractivity contribution in [1.29, 1.82) is 0 Å². The molecule has 1 aliphatic rings. The zero-order valence-corrected chi connectivity index (χ0v) is 11.1. The molecule has 0 bridgehead atoms. The van der Waals surface area contributed by atoms with Gasteiger partial charge in [0.1, 0.15) is 12.1 Å². The smallest absolute Gasteiger partial charge is 0.160 e. The molecule has 0 aliphatic carbocycles. The number of hydrogen-bond acceptors (Lipinski definition) is 6. The molecule has 0 radical (unpaired) electrons. The zero-order chi connectivity index (χ0) is 13.2. The average molecular weight is 262 g/mol. The third-order valence-corrected chi connectivity index (χ3v) is 3.47.